The van der Waals surface area contributed by atoms with Crippen molar-refractivity contribution >= 4 is 8.80 Å². The molecular formula is C12H21Cl2OSiTi. The van der Waals surface area contributed by atoms with Gasteiger partial charge in [0, 0.05) is 0 Å². The van der Waals surface area contributed by atoms with Gasteiger partial charge in [0.1, 0.15) is 0 Å². The van der Waals surface area contributed by atoms with E-state index in [9.17, 15) is 0 Å². The Labute approximate surface area is 131 Å². The van der Waals surface area contributed by atoms with Gasteiger partial charge in [0.15, 0.2) is 0 Å². The zero-order chi connectivity index (χ0) is 11.3. The van der Waals surface area contributed by atoms with Crippen molar-refractivity contribution in [3.63, 3.8) is 0 Å². The minimum Gasteiger partial charge on any atom is -1.00 e. The summed E-state index contributed by atoms with van der Waals surface area (Å²) in [7, 11) is -0.653. The molecule has 0 N–H and O–H groups in total. The van der Waals surface area contributed by atoms with E-state index >= 15 is 0 Å². The normalized spacial score (nSPS) is 15.9. The van der Waals surface area contributed by atoms with Crippen molar-refractivity contribution in [3.05, 3.63) is 21.6 Å². The molecule has 0 aliphatic heterocycles. The van der Waals surface area contributed by atoms with Crippen molar-refractivity contribution in [1.82, 2.24) is 0 Å². The summed E-state index contributed by atoms with van der Waals surface area (Å²) < 4.78 is 7.37. The first-order valence-corrected chi connectivity index (χ1v) is 9.62. The van der Waals surface area contributed by atoms with E-state index in [1.165, 1.54) is 12.8 Å². The Morgan fingerprint density at radius 3 is 2.47 bits per heavy atom. The summed E-state index contributed by atoms with van der Waals surface area (Å²) in [4.78, 5) is 0. The molecule has 0 aromatic carbocycles. The van der Waals surface area contributed by atoms with Gasteiger partial charge in [-0.2, -0.15) is 0 Å². The van der Waals surface area contributed by atoms with Gasteiger partial charge in [0.25, 0.3) is 0 Å². The molecule has 0 aromatic rings. The van der Waals surface area contributed by atoms with Crippen LogP contribution >= 0.6 is 0 Å². The van der Waals surface area contributed by atoms with Crippen LogP contribution in [0.25, 0.3) is 0 Å². The van der Waals surface area contributed by atoms with E-state index in [1.807, 2.05) is 0 Å². The quantitative estimate of drug-likeness (QED) is 0.472. The molecule has 0 saturated heterocycles. The van der Waals surface area contributed by atoms with Gasteiger partial charge < -0.3 is 24.8 Å². The van der Waals surface area contributed by atoms with E-state index in [0.717, 1.165) is 13.0 Å². The molecule has 0 aromatic heterocycles. The van der Waals surface area contributed by atoms with Crippen LogP contribution in [0.4, 0.5) is 0 Å². The molecule has 1 rings (SSSR count). The van der Waals surface area contributed by atoms with Crippen molar-refractivity contribution in [1.29, 1.82) is 0 Å². The van der Waals surface area contributed by atoms with Gasteiger partial charge in [0.2, 0.25) is 0 Å². The van der Waals surface area contributed by atoms with Crippen molar-refractivity contribution in [2.24, 2.45) is 0 Å². The molecule has 0 saturated carbocycles. The van der Waals surface area contributed by atoms with Gasteiger partial charge in [-0.3, -0.25) is 0 Å². The molecule has 1 unspecified atom stereocenters. The smallest absolute Gasteiger partial charge is 1.00 e. The predicted molar refractivity (Wildman–Crippen MR) is 64.3 cm³/mol. The monoisotopic (exact) mass is 327 g/mol. The molecule has 1 aliphatic rings. The Bertz CT molecular complexity index is 267. The second-order valence-corrected chi connectivity index (χ2v) is 8.56. The van der Waals surface area contributed by atoms with Gasteiger partial charge in [-0.15, -0.1) is 0 Å². The van der Waals surface area contributed by atoms with E-state index in [1.54, 1.807) is 9.45 Å². The number of ether oxygens (including phenoxy) is 1. The van der Waals surface area contributed by atoms with Crippen molar-refractivity contribution in [2.45, 2.75) is 45.0 Å². The predicted octanol–water partition coefficient (Wildman–Crippen LogP) is -3.03. The molecule has 0 spiro atoms. The van der Waals surface area contributed by atoms with Crippen molar-refractivity contribution < 1.29 is 50.0 Å². The minimum absolute atomic E-state index is 0. The molecule has 17 heavy (non-hydrogen) atoms. The number of rotatable bonds is 6. The molecule has 97 valence electrons. The summed E-state index contributed by atoms with van der Waals surface area (Å²) in [6, 6.07) is 0. The average molecular weight is 328 g/mol. The first kappa shape index (κ1) is 20.3. The van der Waals surface area contributed by atoms with Gasteiger partial charge in [-0.1, -0.05) is 0 Å². The summed E-state index contributed by atoms with van der Waals surface area (Å²) >= 11 is 2.25. The van der Waals surface area contributed by atoms with Crippen LogP contribution in [0.15, 0.2) is 21.6 Å². The van der Waals surface area contributed by atoms with Crippen LogP contribution in [0.5, 0.6) is 0 Å². The third kappa shape index (κ3) is 7.19. The Hall–Kier alpha value is 0.951. The fourth-order valence-corrected chi connectivity index (χ4v) is 3.83. The van der Waals surface area contributed by atoms with Crippen LogP contribution in [0.1, 0.15) is 26.2 Å². The van der Waals surface area contributed by atoms with Crippen LogP contribution < -0.4 is 24.8 Å². The third-order valence-corrected chi connectivity index (χ3v) is 5.68. The standard InChI is InChI=1S/C12H21OSi.2ClH.Ti/c1-4-13-12(14(2)3)10-9-11-7-5-6-8-11;;;/h5,7,12,14H,4,6,9-10H2,1-3H3;2*1H;/q;;;+2/p-2. The molecule has 0 fully saturated rings. The number of halogens is 2. The minimum atomic E-state index is -0.653. The summed E-state index contributed by atoms with van der Waals surface area (Å²) in [5.74, 6) is 0. The van der Waals surface area contributed by atoms with E-state index in [4.69, 9.17) is 4.74 Å². The molecule has 0 heterocycles. The number of hydrogen-bond acceptors (Lipinski definition) is 1. The zero-order valence-electron chi connectivity index (χ0n) is 10.8. The Morgan fingerprint density at radius 2 is 2.06 bits per heavy atom. The SMILES string of the molecule is CCOC(CCC1=[C]([Ti+2])CC=C1)[SiH](C)C.[Cl-].[Cl-]. The van der Waals surface area contributed by atoms with Gasteiger partial charge in [0.05, 0.1) is 0 Å². The van der Waals surface area contributed by atoms with E-state index < -0.39 is 8.80 Å². The second-order valence-electron chi connectivity index (χ2n) is 4.39. The van der Waals surface area contributed by atoms with E-state index in [-0.39, 0.29) is 24.8 Å². The number of allylic oxidation sites excluding steroid dienone is 4. The summed E-state index contributed by atoms with van der Waals surface area (Å²) in [6.45, 7) is 7.73. The van der Waals surface area contributed by atoms with E-state index in [0.29, 0.717) is 5.73 Å². The van der Waals surface area contributed by atoms with Crippen LogP contribution in [0.2, 0.25) is 13.1 Å². The molecule has 1 aliphatic carbocycles. The average Bonchev–Trinajstić information content (AvgIpc) is 2.58. The molecule has 0 radical (unpaired) electrons. The molecule has 0 bridgehead atoms. The first-order chi connectivity index (χ1) is 7.15. The fourth-order valence-electron chi connectivity index (χ4n) is 1.91. The van der Waals surface area contributed by atoms with Crippen LogP contribution in [-0.2, 0) is 25.2 Å². The van der Waals surface area contributed by atoms with Crippen molar-refractivity contribution in [3.8, 4) is 0 Å². The Kier molecular flexibility index (Phi) is 12.9. The Morgan fingerprint density at radius 1 is 1.41 bits per heavy atom. The zero-order valence-corrected chi connectivity index (χ0v) is 15.0. The molecule has 1 atom stereocenters. The largest absolute Gasteiger partial charge is 1.00 e. The van der Waals surface area contributed by atoms with Gasteiger partial charge >= 0.3 is 107 Å². The third-order valence-electron chi connectivity index (χ3n) is 2.85. The van der Waals surface area contributed by atoms with Crippen molar-refractivity contribution in [2.75, 3.05) is 6.61 Å². The summed E-state index contributed by atoms with van der Waals surface area (Å²) in [6.07, 6.45) is 8.15. The maximum Gasteiger partial charge on any atom is -1.00 e. The molecular weight excluding hydrogens is 307 g/mol. The van der Waals surface area contributed by atoms with Crippen LogP contribution in [-0.4, -0.2) is 21.1 Å². The Balaban J connectivity index is 0. The topological polar surface area (TPSA) is 9.23 Å². The fraction of sp³-hybridized carbons (Fsp3) is 0.667. The van der Waals surface area contributed by atoms with E-state index in [2.05, 4.69) is 52.6 Å². The molecule has 0 amide bonds. The maximum atomic E-state index is 5.81. The summed E-state index contributed by atoms with van der Waals surface area (Å²) in [5, 5.41) is 0. The summed E-state index contributed by atoms with van der Waals surface area (Å²) in [5.41, 5.74) is 2.11. The van der Waals surface area contributed by atoms with Crippen LogP contribution in [0.3, 0.4) is 0 Å². The maximum absolute atomic E-state index is 5.81. The molecule has 5 heteroatoms. The first-order valence-electron chi connectivity index (χ1n) is 5.87. The van der Waals surface area contributed by atoms with Crippen LogP contribution in [0, 0.1) is 0 Å². The number of hydrogen-bond donors (Lipinski definition) is 0. The van der Waals surface area contributed by atoms with Gasteiger partial charge in [-0.05, 0) is 0 Å². The molecule has 1 nitrogen and oxygen atoms in total. The van der Waals surface area contributed by atoms with Gasteiger partial charge in [-0.25, -0.2) is 0 Å². The second kappa shape index (κ2) is 10.8.